The van der Waals surface area contributed by atoms with Crippen molar-refractivity contribution < 1.29 is 14.3 Å². The Morgan fingerprint density at radius 3 is 2.42 bits per heavy atom. The highest BCUT2D eigenvalue weighted by Crippen LogP contribution is 2.28. The van der Waals surface area contributed by atoms with Gasteiger partial charge in [0.2, 0.25) is 0 Å². The van der Waals surface area contributed by atoms with Crippen molar-refractivity contribution in [2.45, 2.75) is 24.0 Å². The monoisotopic (exact) mass is 524 g/mol. The van der Waals surface area contributed by atoms with Gasteiger partial charge in [-0.15, -0.1) is 0 Å². The maximum absolute atomic E-state index is 12.7. The maximum atomic E-state index is 12.7. The number of fused-ring (bicyclic) bond motifs is 1. The van der Waals surface area contributed by atoms with Gasteiger partial charge in [0.1, 0.15) is 11.5 Å². The molecule has 8 heteroatoms. The van der Waals surface area contributed by atoms with E-state index in [4.69, 9.17) is 14.5 Å². The van der Waals surface area contributed by atoms with Crippen LogP contribution in [0.1, 0.15) is 27.0 Å². The molecule has 0 saturated heterocycles. The second-order valence-corrected chi connectivity index (χ2v) is 9.66. The third-order valence-corrected chi connectivity index (χ3v) is 7.23. The minimum absolute atomic E-state index is 0.118. The second kappa shape index (κ2) is 11.8. The van der Waals surface area contributed by atoms with Gasteiger partial charge in [0.15, 0.2) is 5.16 Å². The van der Waals surface area contributed by atoms with Crippen molar-refractivity contribution in [1.29, 1.82) is 0 Å². The number of hydrogen-bond donors (Lipinski definition) is 1. The minimum atomic E-state index is -0.118. The largest absolute Gasteiger partial charge is 0.497 e. The van der Waals surface area contributed by atoms with E-state index in [-0.39, 0.29) is 5.91 Å². The van der Waals surface area contributed by atoms with Crippen molar-refractivity contribution in [2.24, 2.45) is 0 Å². The van der Waals surface area contributed by atoms with Gasteiger partial charge >= 0.3 is 0 Å². The molecule has 0 fully saturated rings. The molecule has 7 nitrogen and oxygen atoms in total. The first-order valence-electron chi connectivity index (χ1n) is 12.2. The number of nitrogens with one attached hydrogen (secondary N) is 1. The summed E-state index contributed by atoms with van der Waals surface area (Å²) in [5.41, 5.74) is 5.74. The lowest BCUT2D eigenvalue weighted by Crippen LogP contribution is -2.22. The fourth-order valence-corrected chi connectivity index (χ4v) is 5.06. The van der Waals surface area contributed by atoms with E-state index in [0.717, 1.165) is 44.6 Å². The summed E-state index contributed by atoms with van der Waals surface area (Å²) in [5, 5.41) is 3.90. The minimum Gasteiger partial charge on any atom is -0.497 e. The van der Waals surface area contributed by atoms with Gasteiger partial charge in [0.25, 0.3) is 5.91 Å². The maximum Gasteiger partial charge on any atom is 0.251 e. The van der Waals surface area contributed by atoms with Gasteiger partial charge in [0.05, 0.1) is 38.0 Å². The Kier molecular flexibility index (Phi) is 7.89. The number of benzene rings is 3. The molecule has 0 atom stereocenters. The van der Waals surface area contributed by atoms with Crippen LogP contribution < -0.4 is 14.8 Å². The number of methoxy groups -OCH3 is 2. The quantitative estimate of drug-likeness (QED) is 0.236. The van der Waals surface area contributed by atoms with Crippen LogP contribution in [-0.2, 0) is 18.8 Å². The number of rotatable bonds is 10. The number of nitrogens with zero attached hydrogens (tertiary/aromatic N) is 3. The first-order valence-corrected chi connectivity index (χ1v) is 13.2. The molecule has 0 radical (unpaired) electrons. The number of aromatic nitrogens is 3. The van der Waals surface area contributed by atoms with Crippen LogP contribution in [0.25, 0.3) is 11.0 Å². The van der Waals surface area contributed by atoms with Crippen LogP contribution in [0, 0.1) is 0 Å². The summed E-state index contributed by atoms with van der Waals surface area (Å²) in [6.45, 7) is 1.05. The van der Waals surface area contributed by atoms with Crippen molar-refractivity contribution in [2.75, 3.05) is 14.2 Å². The zero-order valence-corrected chi connectivity index (χ0v) is 22.1. The second-order valence-electron chi connectivity index (χ2n) is 8.71. The fourth-order valence-electron chi connectivity index (χ4n) is 4.09. The average molecular weight is 525 g/mol. The molecule has 2 heterocycles. The van der Waals surface area contributed by atoms with Crippen LogP contribution in [0.15, 0.2) is 96.4 Å². The lowest BCUT2D eigenvalue weighted by molar-refractivity contribution is 0.0951. The van der Waals surface area contributed by atoms with E-state index in [0.29, 0.717) is 18.7 Å². The van der Waals surface area contributed by atoms with Crippen LogP contribution in [0.2, 0.25) is 0 Å². The van der Waals surface area contributed by atoms with Crippen LogP contribution in [0.4, 0.5) is 0 Å². The number of carbonyl (C=O) groups excluding carboxylic acids is 1. The Morgan fingerprint density at radius 1 is 0.895 bits per heavy atom. The van der Waals surface area contributed by atoms with Crippen LogP contribution in [-0.4, -0.2) is 34.7 Å². The molecule has 0 spiro atoms. The van der Waals surface area contributed by atoms with Gasteiger partial charge in [-0.3, -0.25) is 9.78 Å². The SMILES string of the molecule is COc1ccc(CSc2nc3ccncc3n2Cc2ccc(C(=O)NCc3cccc(OC)c3)cc2)cc1. The lowest BCUT2D eigenvalue weighted by atomic mass is 10.1. The molecule has 3 aromatic carbocycles. The van der Waals surface area contributed by atoms with Gasteiger partial charge < -0.3 is 19.4 Å². The van der Waals surface area contributed by atoms with E-state index in [1.165, 1.54) is 5.56 Å². The molecule has 192 valence electrons. The van der Waals surface area contributed by atoms with Crippen LogP contribution in [0.3, 0.4) is 0 Å². The summed E-state index contributed by atoms with van der Waals surface area (Å²) in [7, 11) is 3.30. The highest BCUT2D eigenvalue weighted by Gasteiger charge is 2.13. The number of thioether (sulfide) groups is 1. The first kappa shape index (κ1) is 25.4. The van der Waals surface area contributed by atoms with Crippen molar-refractivity contribution in [3.05, 3.63) is 114 Å². The van der Waals surface area contributed by atoms with Crippen molar-refractivity contribution in [1.82, 2.24) is 19.9 Å². The third kappa shape index (κ3) is 5.98. The smallest absolute Gasteiger partial charge is 0.251 e. The predicted molar refractivity (Wildman–Crippen MR) is 150 cm³/mol. The topological polar surface area (TPSA) is 78.3 Å². The Morgan fingerprint density at radius 2 is 1.66 bits per heavy atom. The average Bonchev–Trinajstić information content (AvgIpc) is 3.32. The molecular weight excluding hydrogens is 496 g/mol. The molecule has 0 aliphatic heterocycles. The summed E-state index contributed by atoms with van der Waals surface area (Å²) < 4.78 is 12.7. The number of imidazole rings is 1. The van der Waals surface area contributed by atoms with Gasteiger partial charge in [0, 0.05) is 24.1 Å². The Bertz CT molecular complexity index is 1530. The van der Waals surface area contributed by atoms with Crippen LogP contribution >= 0.6 is 11.8 Å². The number of carbonyl (C=O) groups is 1. The van der Waals surface area contributed by atoms with E-state index in [9.17, 15) is 4.79 Å². The van der Waals surface area contributed by atoms with Gasteiger partial charge in [-0.1, -0.05) is 48.2 Å². The number of hydrogen-bond acceptors (Lipinski definition) is 6. The molecule has 0 aliphatic rings. The molecular formula is C30H28N4O3S. The molecule has 1 amide bonds. The number of amides is 1. The van der Waals surface area contributed by atoms with Crippen molar-refractivity contribution in [3.8, 4) is 11.5 Å². The van der Waals surface area contributed by atoms with Crippen LogP contribution in [0.5, 0.6) is 11.5 Å². The summed E-state index contributed by atoms with van der Waals surface area (Å²) in [4.78, 5) is 21.9. The molecule has 2 aromatic heterocycles. The molecule has 5 aromatic rings. The number of pyridine rings is 1. The summed E-state index contributed by atoms with van der Waals surface area (Å²) in [6, 6.07) is 25.4. The third-order valence-electron chi connectivity index (χ3n) is 6.19. The molecule has 0 bridgehead atoms. The van der Waals surface area contributed by atoms with E-state index < -0.39 is 0 Å². The van der Waals surface area contributed by atoms with E-state index in [2.05, 4.69) is 27.0 Å². The van der Waals surface area contributed by atoms with Gasteiger partial charge in [-0.25, -0.2) is 4.98 Å². The molecule has 0 aliphatic carbocycles. The Labute approximate surface area is 225 Å². The molecule has 1 N–H and O–H groups in total. The predicted octanol–water partition coefficient (Wildman–Crippen LogP) is 5.72. The Hall–Kier alpha value is -4.30. The van der Waals surface area contributed by atoms with E-state index >= 15 is 0 Å². The summed E-state index contributed by atoms with van der Waals surface area (Å²) >= 11 is 1.68. The standard InChI is InChI=1S/C30H28N4O3S/c1-36-25-12-8-22(9-13-25)20-38-30-33-27-14-15-31-18-28(27)34(30)19-21-6-10-24(11-7-21)29(35)32-17-23-4-3-5-26(16-23)37-2/h3-16,18H,17,19-20H2,1-2H3,(H,32,35). The molecule has 0 saturated carbocycles. The van der Waals surface area contributed by atoms with E-state index in [1.807, 2.05) is 72.9 Å². The van der Waals surface area contributed by atoms with Gasteiger partial charge in [-0.2, -0.15) is 0 Å². The number of ether oxygens (including phenoxy) is 2. The summed E-state index contributed by atoms with van der Waals surface area (Å²) in [5.74, 6) is 2.28. The fraction of sp³-hybridized carbons (Fsp3) is 0.167. The first-order chi connectivity index (χ1) is 18.6. The highest BCUT2D eigenvalue weighted by molar-refractivity contribution is 7.98. The van der Waals surface area contributed by atoms with Crippen molar-refractivity contribution in [3.63, 3.8) is 0 Å². The lowest BCUT2D eigenvalue weighted by Gasteiger charge is -2.11. The van der Waals surface area contributed by atoms with Gasteiger partial charge in [-0.05, 0) is 59.2 Å². The van der Waals surface area contributed by atoms with Crippen molar-refractivity contribution >= 4 is 28.7 Å². The molecule has 38 heavy (non-hydrogen) atoms. The van der Waals surface area contributed by atoms with E-state index in [1.54, 1.807) is 32.2 Å². The molecule has 5 rings (SSSR count). The summed E-state index contributed by atoms with van der Waals surface area (Å²) in [6.07, 6.45) is 3.61. The highest BCUT2D eigenvalue weighted by atomic mass is 32.2. The normalized spacial score (nSPS) is 10.9. The molecule has 0 unspecified atom stereocenters. The zero-order valence-electron chi connectivity index (χ0n) is 21.3. The zero-order chi connectivity index (χ0) is 26.3. The Balaban J connectivity index is 1.28.